The molecule has 1 atom stereocenters. The zero-order valence-corrected chi connectivity index (χ0v) is 19.1. The number of amides is 2. The lowest BCUT2D eigenvalue weighted by Gasteiger charge is -2.35. The largest absolute Gasteiger partial charge is 0.416 e. The highest BCUT2D eigenvalue weighted by Crippen LogP contribution is 2.42. The van der Waals surface area contributed by atoms with Crippen molar-refractivity contribution in [3.05, 3.63) is 70.6 Å². The van der Waals surface area contributed by atoms with Gasteiger partial charge in [-0.1, -0.05) is 43.0 Å². The van der Waals surface area contributed by atoms with Crippen molar-refractivity contribution in [1.29, 1.82) is 0 Å². The summed E-state index contributed by atoms with van der Waals surface area (Å²) >= 11 is 1.23. The molecule has 0 radical (unpaired) electrons. The molecule has 1 saturated heterocycles. The Bertz CT molecular complexity index is 1080. The van der Waals surface area contributed by atoms with Gasteiger partial charge in [-0.2, -0.15) is 13.2 Å². The number of anilines is 1. The second-order valence-electron chi connectivity index (χ2n) is 8.26. The predicted molar refractivity (Wildman–Crippen MR) is 123 cm³/mol. The van der Waals surface area contributed by atoms with E-state index in [0.717, 1.165) is 42.7 Å². The Balaban J connectivity index is 1.65. The van der Waals surface area contributed by atoms with E-state index >= 15 is 0 Å². The number of fused-ring (bicyclic) bond motifs is 1. The fraction of sp³-hybridized carbons (Fsp3) is 0.360. The van der Waals surface area contributed by atoms with E-state index in [2.05, 4.69) is 6.92 Å². The first kappa shape index (κ1) is 23.4. The van der Waals surface area contributed by atoms with E-state index in [1.165, 1.54) is 28.8 Å². The molecule has 174 valence electrons. The maximum Gasteiger partial charge on any atom is 0.416 e. The van der Waals surface area contributed by atoms with Crippen LogP contribution in [0, 0.1) is 0 Å². The molecule has 1 fully saturated rings. The van der Waals surface area contributed by atoms with Crippen LogP contribution in [-0.4, -0.2) is 29.3 Å². The Morgan fingerprint density at radius 3 is 2.70 bits per heavy atom. The quantitative estimate of drug-likeness (QED) is 0.509. The summed E-state index contributed by atoms with van der Waals surface area (Å²) in [5, 5.41) is 0. The molecule has 33 heavy (non-hydrogen) atoms. The van der Waals surface area contributed by atoms with E-state index in [9.17, 15) is 22.8 Å². The molecule has 0 saturated carbocycles. The summed E-state index contributed by atoms with van der Waals surface area (Å²) in [6.07, 6.45) is 0.784. The number of para-hydroxylation sites is 1. The van der Waals surface area contributed by atoms with E-state index in [0.29, 0.717) is 17.8 Å². The summed E-state index contributed by atoms with van der Waals surface area (Å²) < 4.78 is 39.5. The molecule has 8 heteroatoms. The van der Waals surface area contributed by atoms with Gasteiger partial charge < -0.3 is 9.80 Å². The number of hydrogen-bond donors (Lipinski definition) is 0. The van der Waals surface area contributed by atoms with Crippen LogP contribution in [-0.2, 0) is 22.3 Å². The van der Waals surface area contributed by atoms with Crippen LogP contribution in [0.3, 0.4) is 0 Å². The average molecular weight is 475 g/mol. The molecule has 2 aliphatic heterocycles. The maximum absolute atomic E-state index is 13.4. The molecule has 2 aliphatic rings. The van der Waals surface area contributed by atoms with E-state index < -0.39 is 11.7 Å². The van der Waals surface area contributed by atoms with Gasteiger partial charge in [-0.3, -0.25) is 9.59 Å². The number of thioether (sulfide) groups is 1. The Morgan fingerprint density at radius 2 is 1.94 bits per heavy atom. The molecule has 0 bridgehead atoms. The first-order chi connectivity index (χ1) is 15.8. The lowest BCUT2D eigenvalue weighted by atomic mass is 10.00. The number of carbonyl (C=O) groups is 2. The molecule has 4 nitrogen and oxygen atoms in total. The molecule has 2 amide bonds. The van der Waals surface area contributed by atoms with Crippen molar-refractivity contribution in [2.24, 2.45) is 0 Å². The minimum absolute atomic E-state index is 0.0207. The zero-order valence-electron chi connectivity index (χ0n) is 18.3. The van der Waals surface area contributed by atoms with Gasteiger partial charge in [-0.15, -0.1) is 0 Å². The number of likely N-dealkylation sites (tertiary alicyclic amines) is 1. The SMILES string of the molecule is CCC1CCCCN1C(=O)/C=C1/Sc2ccccc2N(Cc2cccc(C(F)(F)F)c2)C1=O. The van der Waals surface area contributed by atoms with E-state index in [-0.39, 0.29) is 29.3 Å². The minimum atomic E-state index is -4.46. The van der Waals surface area contributed by atoms with E-state index in [1.807, 2.05) is 17.0 Å². The molecule has 1 unspecified atom stereocenters. The molecule has 2 aromatic rings. The highest BCUT2D eigenvalue weighted by atomic mass is 32.2. The van der Waals surface area contributed by atoms with Gasteiger partial charge in [-0.05, 0) is 55.5 Å². The van der Waals surface area contributed by atoms with Gasteiger partial charge in [0.25, 0.3) is 5.91 Å². The predicted octanol–water partition coefficient (Wildman–Crippen LogP) is 6.02. The number of hydrogen-bond acceptors (Lipinski definition) is 3. The monoisotopic (exact) mass is 474 g/mol. The van der Waals surface area contributed by atoms with Gasteiger partial charge in [0.2, 0.25) is 5.91 Å². The Labute approximate surface area is 195 Å². The van der Waals surface area contributed by atoms with Gasteiger partial charge in [0.15, 0.2) is 0 Å². The number of piperidine rings is 1. The van der Waals surface area contributed by atoms with Crippen LogP contribution in [0.1, 0.15) is 43.7 Å². The summed E-state index contributed by atoms with van der Waals surface area (Å²) in [4.78, 5) is 30.8. The average Bonchev–Trinajstić information content (AvgIpc) is 2.81. The molecule has 2 heterocycles. The fourth-order valence-corrected chi connectivity index (χ4v) is 5.38. The van der Waals surface area contributed by atoms with E-state index in [4.69, 9.17) is 0 Å². The Kier molecular flexibility index (Phi) is 6.83. The molecular formula is C25H25F3N2O2S. The number of nitrogens with zero attached hydrogens (tertiary/aromatic N) is 2. The van der Waals surface area contributed by atoms with Crippen molar-refractivity contribution >= 4 is 29.3 Å². The topological polar surface area (TPSA) is 40.6 Å². The van der Waals surface area contributed by atoms with Crippen LogP contribution in [0.5, 0.6) is 0 Å². The first-order valence-electron chi connectivity index (χ1n) is 11.0. The van der Waals surface area contributed by atoms with Gasteiger partial charge in [0.1, 0.15) is 0 Å². The summed E-state index contributed by atoms with van der Waals surface area (Å²) in [6, 6.07) is 12.4. The van der Waals surface area contributed by atoms with Crippen molar-refractivity contribution in [2.75, 3.05) is 11.4 Å². The fourth-order valence-electron chi connectivity index (χ4n) is 4.36. The van der Waals surface area contributed by atoms with Crippen LogP contribution in [0.4, 0.5) is 18.9 Å². The van der Waals surface area contributed by atoms with Gasteiger partial charge in [0.05, 0.1) is 22.7 Å². The lowest BCUT2D eigenvalue weighted by molar-refractivity contribution is -0.137. The summed E-state index contributed by atoms with van der Waals surface area (Å²) in [5.74, 6) is -0.565. The third kappa shape index (κ3) is 5.11. The Hall–Kier alpha value is -2.74. The summed E-state index contributed by atoms with van der Waals surface area (Å²) in [6.45, 7) is 2.70. The first-order valence-corrected chi connectivity index (χ1v) is 11.9. The van der Waals surface area contributed by atoms with E-state index in [1.54, 1.807) is 18.2 Å². The van der Waals surface area contributed by atoms with Gasteiger partial charge in [0, 0.05) is 23.6 Å². The van der Waals surface area contributed by atoms with Crippen molar-refractivity contribution in [1.82, 2.24) is 4.90 Å². The number of rotatable bonds is 4. The van der Waals surface area contributed by atoms with Gasteiger partial charge >= 0.3 is 6.18 Å². The number of halogens is 3. The van der Waals surface area contributed by atoms with Crippen molar-refractivity contribution < 1.29 is 22.8 Å². The Morgan fingerprint density at radius 1 is 1.15 bits per heavy atom. The van der Waals surface area contributed by atoms with Crippen molar-refractivity contribution in [2.45, 2.75) is 56.3 Å². The zero-order chi connectivity index (χ0) is 23.6. The third-order valence-electron chi connectivity index (χ3n) is 6.06. The van der Waals surface area contributed by atoms with Crippen LogP contribution >= 0.6 is 11.8 Å². The smallest absolute Gasteiger partial charge is 0.336 e. The molecule has 0 aromatic heterocycles. The summed E-state index contributed by atoms with van der Waals surface area (Å²) in [7, 11) is 0. The van der Waals surface area contributed by atoms with Crippen LogP contribution in [0.2, 0.25) is 0 Å². The van der Waals surface area contributed by atoms with Crippen molar-refractivity contribution in [3.63, 3.8) is 0 Å². The highest BCUT2D eigenvalue weighted by molar-refractivity contribution is 8.04. The number of benzene rings is 2. The van der Waals surface area contributed by atoms with Crippen LogP contribution < -0.4 is 4.90 Å². The normalized spacial score (nSPS) is 20.2. The number of alkyl halides is 3. The lowest BCUT2D eigenvalue weighted by Crippen LogP contribution is -2.43. The van der Waals surface area contributed by atoms with Gasteiger partial charge in [-0.25, -0.2) is 0 Å². The molecule has 2 aromatic carbocycles. The molecule has 4 rings (SSSR count). The van der Waals surface area contributed by atoms with Crippen LogP contribution in [0.25, 0.3) is 0 Å². The van der Waals surface area contributed by atoms with Crippen molar-refractivity contribution in [3.8, 4) is 0 Å². The standard InChI is InChI=1S/C25H25F3N2O2S/c1-2-19-10-5-6-13-29(19)23(31)15-22-24(32)30(20-11-3-4-12-21(20)33-22)16-17-8-7-9-18(14-17)25(26,27)28/h3-4,7-9,11-12,14-15,19H,2,5-6,10,13,16H2,1H3/b22-15+. The molecule has 0 aliphatic carbocycles. The molecule has 0 N–H and O–H groups in total. The third-order valence-corrected chi connectivity index (χ3v) is 7.14. The minimum Gasteiger partial charge on any atom is -0.336 e. The summed E-state index contributed by atoms with van der Waals surface area (Å²) in [5.41, 5.74) is 0.236. The van der Waals surface area contributed by atoms with Crippen LogP contribution in [0.15, 0.2) is 64.4 Å². The number of carbonyl (C=O) groups excluding carboxylic acids is 2. The highest BCUT2D eigenvalue weighted by Gasteiger charge is 2.33. The second kappa shape index (κ2) is 9.63. The second-order valence-corrected chi connectivity index (χ2v) is 9.34. The maximum atomic E-state index is 13.4. The molecular weight excluding hydrogens is 449 g/mol. The molecule has 0 spiro atoms.